The van der Waals surface area contributed by atoms with E-state index in [2.05, 4.69) is 69.3 Å². The van der Waals surface area contributed by atoms with Gasteiger partial charge in [-0.15, -0.1) is 0 Å². The lowest BCUT2D eigenvalue weighted by Crippen LogP contribution is -2.72. The molecule has 0 unspecified atom stereocenters. The van der Waals surface area contributed by atoms with E-state index in [1.54, 1.807) is 0 Å². The second-order valence-electron chi connectivity index (χ2n) is 12.2. The van der Waals surface area contributed by atoms with Crippen LogP contribution < -0.4 is 10.4 Å². The van der Waals surface area contributed by atoms with Gasteiger partial charge < -0.3 is 28.5 Å². The highest BCUT2D eigenvalue weighted by atomic mass is 28.4. The predicted molar refractivity (Wildman–Crippen MR) is 148 cm³/mol. The molecule has 2 aliphatic heterocycles. The Morgan fingerprint density at radius 3 is 1.73 bits per heavy atom. The molecule has 4 rings (SSSR count). The third-order valence-electron chi connectivity index (χ3n) is 7.71. The first kappa shape index (κ1) is 28.4. The number of benzene rings is 2. The molecule has 0 amide bonds. The summed E-state index contributed by atoms with van der Waals surface area (Å²) in [6, 6.07) is 20.9. The Hall–Kier alpha value is -1.58. The van der Waals surface area contributed by atoms with Crippen molar-refractivity contribution in [2.45, 2.75) is 102 Å². The van der Waals surface area contributed by atoms with Gasteiger partial charge >= 0.3 is 0 Å². The minimum Gasteiger partial charge on any atom is -0.399 e. The Morgan fingerprint density at radius 2 is 1.35 bits per heavy atom. The van der Waals surface area contributed by atoms with Gasteiger partial charge in [0.25, 0.3) is 8.32 Å². The first-order valence-corrected chi connectivity index (χ1v) is 15.3. The second kappa shape index (κ2) is 10.2. The molecule has 2 aromatic rings. The third kappa shape index (κ3) is 5.46. The van der Waals surface area contributed by atoms with Crippen molar-refractivity contribution in [1.29, 1.82) is 0 Å². The van der Waals surface area contributed by atoms with Crippen molar-refractivity contribution < 1.29 is 28.5 Å². The molecule has 0 radical (unpaired) electrons. The lowest BCUT2D eigenvalue weighted by molar-refractivity contribution is -0.216. The molecule has 0 aromatic heterocycles. The molecular weight excluding hydrogens is 484 g/mol. The standard InChI is InChI=1S/C30H44O6Si/c1-9-30(31,25-21-33-29(7,8)35-25)26(24-20-32-28(5,6)34-24)36-37(27(2,3)4,22-16-12-10-13-17-22)23-18-14-11-15-19-23/h10-19,24-26,31H,9,20-21H2,1-8H3/t24-,25-,26-,30-/m1/s1. The van der Waals surface area contributed by atoms with Gasteiger partial charge in [0.05, 0.1) is 13.2 Å². The van der Waals surface area contributed by atoms with Crippen molar-refractivity contribution in [2.24, 2.45) is 0 Å². The monoisotopic (exact) mass is 528 g/mol. The second-order valence-corrected chi connectivity index (χ2v) is 16.5. The predicted octanol–water partition coefficient (Wildman–Crippen LogP) is 4.38. The fraction of sp³-hybridized carbons (Fsp3) is 0.600. The van der Waals surface area contributed by atoms with Crippen LogP contribution in [0.2, 0.25) is 5.04 Å². The summed E-state index contributed by atoms with van der Waals surface area (Å²) in [5.74, 6) is -1.57. The minimum absolute atomic E-state index is 0.273. The maximum atomic E-state index is 12.5. The van der Waals surface area contributed by atoms with Crippen molar-refractivity contribution in [3.63, 3.8) is 0 Å². The molecule has 6 nitrogen and oxygen atoms in total. The number of hydrogen-bond acceptors (Lipinski definition) is 6. The van der Waals surface area contributed by atoms with Gasteiger partial charge in [0.1, 0.15) is 23.9 Å². The Balaban J connectivity index is 1.91. The van der Waals surface area contributed by atoms with Crippen molar-refractivity contribution >= 4 is 18.7 Å². The van der Waals surface area contributed by atoms with E-state index < -0.39 is 43.8 Å². The minimum atomic E-state index is -3.03. The highest BCUT2D eigenvalue weighted by Crippen LogP contribution is 2.44. The first-order valence-electron chi connectivity index (χ1n) is 13.4. The summed E-state index contributed by atoms with van der Waals surface area (Å²) in [6.45, 7) is 16.8. The molecule has 4 atom stereocenters. The Kier molecular flexibility index (Phi) is 7.83. The Labute approximate surface area is 223 Å². The van der Waals surface area contributed by atoms with Crippen LogP contribution in [-0.4, -0.2) is 62.1 Å². The van der Waals surface area contributed by atoms with Gasteiger partial charge in [0, 0.05) is 0 Å². The average Bonchev–Trinajstić information content (AvgIpc) is 3.40. The summed E-state index contributed by atoms with van der Waals surface area (Å²) in [4.78, 5) is 0. The topological polar surface area (TPSA) is 66.4 Å². The zero-order valence-corrected chi connectivity index (χ0v) is 24.6. The van der Waals surface area contributed by atoms with Gasteiger partial charge in [-0.3, -0.25) is 0 Å². The molecule has 2 aliphatic rings. The molecule has 37 heavy (non-hydrogen) atoms. The summed E-state index contributed by atoms with van der Waals surface area (Å²) in [5.41, 5.74) is -1.38. The van der Waals surface area contributed by atoms with Crippen LogP contribution in [0.15, 0.2) is 60.7 Å². The Morgan fingerprint density at radius 1 is 0.865 bits per heavy atom. The molecule has 2 fully saturated rings. The maximum Gasteiger partial charge on any atom is 0.261 e. The van der Waals surface area contributed by atoms with Crippen LogP contribution in [0.25, 0.3) is 0 Å². The quantitative estimate of drug-likeness (QED) is 0.513. The average molecular weight is 529 g/mol. The first-order chi connectivity index (χ1) is 17.2. The molecule has 0 aliphatic carbocycles. The lowest BCUT2D eigenvalue weighted by Gasteiger charge is -2.50. The Bertz CT molecular complexity index is 996. The highest BCUT2D eigenvalue weighted by Gasteiger charge is 2.60. The van der Waals surface area contributed by atoms with Crippen LogP contribution in [-0.2, 0) is 23.4 Å². The van der Waals surface area contributed by atoms with Crippen LogP contribution in [0.3, 0.4) is 0 Å². The van der Waals surface area contributed by atoms with Crippen molar-refractivity contribution in [3.8, 4) is 0 Å². The van der Waals surface area contributed by atoms with Gasteiger partial charge in [-0.05, 0) is 49.5 Å². The van der Waals surface area contributed by atoms with E-state index in [9.17, 15) is 5.11 Å². The zero-order chi connectivity index (χ0) is 27.1. The van der Waals surface area contributed by atoms with Crippen LogP contribution in [0.1, 0.15) is 61.8 Å². The van der Waals surface area contributed by atoms with Gasteiger partial charge in [-0.1, -0.05) is 88.4 Å². The van der Waals surface area contributed by atoms with E-state index in [1.807, 2.05) is 46.8 Å². The number of ether oxygens (including phenoxy) is 4. The van der Waals surface area contributed by atoms with Gasteiger partial charge in [-0.25, -0.2) is 0 Å². The molecule has 7 heteroatoms. The van der Waals surface area contributed by atoms with Crippen LogP contribution in [0.5, 0.6) is 0 Å². The summed E-state index contributed by atoms with van der Waals surface area (Å²) in [6.07, 6.45) is -1.40. The SMILES string of the molecule is CC[C@](O)([C@H](O[Si](c1ccccc1)(c1ccccc1)C(C)(C)C)[C@H]1COC(C)(C)O1)[C@H]1COC(C)(C)O1. The normalized spacial score (nSPS) is 26.1. The molecule has 2 heterocycles. The lowest BCUT2D eigenvalue weighted by atomic mass is 9.85. The summed E-state index contributed by atoms with van der Waals surface area (Å²) >= 11 is 0. The van der Waals surface area contributed by atoms with E-state index >= 15 is 0 Å². The van der Waals surface area contributed by atoms with E-state index in [-0.39, 0.29) is 11.6 Å². The van der Waals surface area contributed by atoms with Crippen molar-refractivity contribution in [2.75, 3.05) is 13.2 Å². The van der Waals surface area contributed by atoms with Crippen molar-refractivity contribution in [3.05, 3.63) is 60.7 Å². The van der Waals surface area contributed by atoms with E-state index in [0.29, 0.717) is 13.0 Å². The van der Waals surface area contributed by atoms with Gasteiger partial charge in [0.15, 0.2) is 11.6 Å². The molecule has 0 saturated carbocycles. The fourth-order valence-corrected chi connectivity index (χ4v) is 10.5. The maximum absolute atomic E-state index is 12.5. The van der Waals surface area contributed by atoms with Crippen LogP contribution in [0, 0.1) is 0 Å². The van der Waals surface area contributed by atoms with Crippen LogP contribution in [0.4, 0.5) is 0 Å². The van der Waals surface area contributed by atoms with Gasteiger partial charge in [-0.2, -0.15) is 0 Å². The van der Waals surface area contributed by atoms with Crippen LogP contribution >= 0.6 is 0 Å². The van der Waals surface area contributed by atoms with E-state index in [4.69, 9.17) is 23.4 Å². The summed E-state index contributed by atoms with van der Waals surface area (Å²) in [7, 11) is -3.03. The van der Waals surface area contributed by atoms with Gasteiger partial charge in [0.2, 0.25) is 0 Å². The van der Waals surface area contributed by atoms with Crippen molar-refractivity contribution in [1.82, 2.24) is 0 Å². The molecule has 0 spiro atoms. The highest BCUT2D eigenvalue weighted by molar-refractivity contribution is 6.99. The molecule has 2 saturated heterocycles. The van der Waals surface area contributed by atoms with E-state index in [0.717, 1.165) is 10.4 Å². The molecule has 1 N–H and O–H groups in total. The number of hydrogen-bond donors (Lipinski definition) is 1. The largest absolute Gasteiger partial charge is 0.399 e. The zero-order valence-electron chi connectivity index (χ0n) is 23.6. The molecule has 0 bridgehead atoms. The van der Waals surface area contributed by atoms with E-state index in [1.165, 1.54) is 0 Å². The number of rotatable bonds is 8. The fourth-order valence-electron chi connectivity index (χ4n) is 5.79. The third-order valence-corrected chi connectivity index (χ3v) is 12.7. The molecule has 204 valence electrons. The molecular formula is C30H44O6Si. The summed E-state index contributed by atoms with van der Waals surface area (Å²) < 4.78 is 32.2. The summed E-state index contributed by atoms with van der Waals surface area (Å²) in [5, 5.41) is 14.5. The molecule has 2 aromatic carbocycles. The number of aliphatic hydroxyl groups is 1. The smallest absolute Gasteiger partial charge is 0.261 e.